The number of anilines is 2. The SMILES string of the molecule is CCc1nc2c(NC)ncc(-c3cnn(C4CCN(C5CCN(C)CC5)CC4)c3)c2nc1N(C)[C@H]1CCOC1. The second-order valence-corrected chi connectivity index (χ2v) is 11.5. The molecule has 6 rings (SSSR count). The van der Waals surface area contributed by atoms with E-state index in [0.717, 1.165) is 97.5 Å². The van der Waals surface area contributed by atoms with E-state index in [1.54, 1.807) is 0 Å². The molecule has 0 radical (unpaired) electrons. The van der Waals surface area contributed by atoms with Crippen molar-refractivity contribution >= 4 is 22.7 Å². The van der Waals surface area contributed by atoms with Crippen LogP contribution in [-0.4, -0.2) is 107 Å². The van der Waals surface area contributed by atoms with Crippen LogP contribution in [0.3, 0.4) is 0 Å². The van der Waals surface area contributed by atoms with Crippen molar-refractivity contribution in [2.75, 3.05) is 70.8 Å². The van der Waals surface area contributed by atoms with Crippen LogP contribution in [0.5, 0.6) is 0 Å². The Kier molecular flexibility index (Phi) is 7.68. The van der Waals surface area contributed by atoms with Gasteiger partial charge >= 0.3 is 0 Å². The van der Waals surface area contributed by atoms with Crippen LogP contribution in [0.4, 0.5) is 11.6 Å². The largest absolute Gasteiger partial charge is 0.379 e. The van der Waals surface area contributed by atoms with Crippen LogP contribution in [0.2, 0.25) is 0 Å². The summed E-state index contributed by atoms with van der Waals surface area (Å²) >= 11 is 0. The van der Waals surface area contributed by atoms with E-state index in [9.17, 15) is 0 Å². The summed E-state index contributed by atoms with van der Waals surface area (Å²) in [5.41, 5.74) is 4.69. The Bertz CT molecular complexity index is 1270. The van der Waals surface area contributed by atoms with Gasteiger partial charge in [0, 0.05) is 63.4 Å². The molecule has 1 N–H and O–H groups in total. The maximum absolute atomic E-state index is 5.67. The van der Waals surface area contributed by atoms with Crippen LogP contribution in [0.25, 0.3) is 22.2 Å². The van der Waals surface area contributed by atoms with Crippen molar-refractivity contribution in [2.24, 2.45) is 0 Å². The topological polar surface area (TPSA) is 87.5 Å². The molecule has 3 aliphatic rings. The highest BCUT2D eigenvalue weighted by Gasteiger charge is 2.29. The zero-order valence-corrected chi connectivity index (χ0v) is 23.9. The Hall–Kier alpha value is -2.82. The number of ether oxygens (including phenoxy) is 1. The molecule has 1 atom stereocenters. The lowest BCUT2D eigenvalue weighted by molar-refractivity contribution is 0.0851. The quantitative estimate of drug-likeness (QED) is 0.491. The average molecular weight is 534 g/mol. The van der Waals surface area contributed by atoms with Crippen molar-refractivity contribution in [3.8, 4) is 11.1 Å². The van der Waals surface area contributed by atoms with E-state index in [-0.39, 0.29) is 0 Å². The summed E-state index contributed by atoms with van der Waals surface area (Å²) in [5, 5.41) is 8.06. The van der Waals surface area contributed by atoms with Crippen molar-refractivity contribution < 1.29 is 4.74 Å². The smallest absolute Gasteiger partial charge is 0.153 e. The highest BCUT2D eigenvalue weighted by atomic mass is 16.5. The molecule has 0 saturated carbocycles. The summed E-state index contributed by atoms with van der Waals surface area (Å²) in [5.74, 6) is 1.69. The molecule has 10 nitrogen and oxygen atoms in total. The predicted molar refractivity (Wildman–Crippen MR) is 155 cm³/mol. The number of nitrogens with zero attached hydrogens (tertiary/aromatic N) is 8. The van der Waals surface area contributed by atoms with Gasteiger partial charge in [0.15, 0.2) is 11.6 Å². The fourth-order valence-corrected chi connectivity index (χ4v) is 6.53. The summed E-state index contributed by atoms with van der Waals surface area (Å²) in [6, 6.07) is 1.49. The van der Waals surface area contributed by atoms with Gasteiger partial charge in [0.1, 0.15) is 11.0 Å². The van der Waals surface area contributed by atoms with E-state index >= 15 is 0 Å². The van der Waals surface area contributed by atoms with E-state index < -0.39 is 0 Å². The molecule has 0 unspecified atom stereocenters. The first-order valence-corrected chi connectivity index (χ1v) is 14.7. The average Bonchev–Trinajstić information content (AvgIpc) is 3.69. The van der Waals surface area contributed by atoms with Crippen molar-refractivity contribution in [2.45, 2.75) is 63.6 Å². The molecule has 39 heavy (non-hydrogen) atoms. The van der Waals surface area contributed by atoms with Gasteiger partial charge in [-0.25, -0.2) is 15.0 Å². The fraction of sp³-hybridized carbons (Fsp3) is 0.655. The number of fused-ring (bicyclic) bond motifs is 1. The lowest BCUT2D eigenvalue weighted by atomic mass is 9.98. The Labute approximate surface area is 231 Å². The zero-order valence-electron chi connectivity index (χ0n) is 23.9. The number of likely N-dealkylation sites (tertiary alicyclic amines) is 2. The second kappa shape index (κ2) is 11.3. The minimum atomic E-state index is 0.319. The molecular formula is C29H43N9O. The molecule has 0 spiro atoms. The molecule has 3 saturated heterocycles. The Morgan fingerprint density at radius 3 is 2.46 bits per heavy atom. The van der Waals surface area contributed by atoms with Crippen LogP contribution in [0.15, 0.2) is 18.6 Å². The molecule has 0 bridgehead atoms. The summed E-state index contributed by atoms with van der Waals surface area (Å²) in [4.78, 5) is 22.5. The Morgan fingerprint density at radius 2 is 1.77 bits per heavy atom. The van der Waals surface area contributed by atoms with Crippen molar-refractivity contribution in [3.63, 3.8) is 0 Å². The van der Waals surface area contributed by atoms with Crippen molar-refractivity contribution in [3.05, 3.63) is 24.3 Å². The summed E-state index contributed by atoms with van der Waals surface area (Å²) in [7, 11) is 6.24. The van der Waals surface area contributed by atoms with Gasteiger partial charge in [0.25, 0.3) is 0 Å². The van der Waals surface area contributed by atoms with Crippen LogP contribution in [0.1, 0.15) is 50.8 Å². The van der Waals surface area contributed by atoms with Gasteiger partial charge in [-0.2, -0.15) is 5.10 Å². The van der Waals surface area contributed by atoms with Gasteiger partial charge < -0.3 is 24.8 Å². The summed E-state index contributed by atoms with van der Waals surface area (Å²) in [6.07, 6.45) is 12.8. The first-order valence-electron chi connectivity index (χ1n) is 14.7. The number of hydrogen-bond acceptors (Lipinski definition) is 9. The normalized spacial score (nSPS) is 22.1. The molecule has 0 aliphatic carbocycles. The number of aryl methyl sites for hydroxylation is 1. The zero-order chi connectivity index (χ0) is 26.9. The van der Waals surface area contributed by atoms with E-state index in [1.807, 2.05) is 19.4 Å². The van der Waals surface area contributed by atoms with Crippen LogP contribution < -0.4 is 10.2 Å². The van der Waals surface area contributed by atoms with Gasteiger partial charge in [0.2, 0.25) is 0 Å². The first kappa shape index (κ1) is 26.4. The molecule has 0 amide bonds. The van der Waals surface area contributed by atoms with Crippen molar-refractivity contribution in [1.82, 2.24) is 34.5 Å². The second-order valence-electron chi connectivity index (χ2n) is 11.5. The van der Waals surface area contributed by atoms with Gasteiger partial charge in [-0.15, -0.1) is 0 Å². The molecule has 10 heteroatoms. The van der Waals surface area contributed by atoms with E-state index in [0.29, 0.717) is 12.1 Å². The van der Waals surface area contributed by atoms with Crippen LogP contribution in [-0.2, 0) is 11.2 Å². The van der Waals surface area contributed by atoms with Gasteiger partial charge in [-0.1, -0.05) is 6.92 Å². The molecule has 210 valence electrons. The number of hydrogen-bond donors (Lipinski definition) is 1. The molecule has 3 aromatic rings. The minimum absolute atomic E-state index is 0.319. The summed E-state index contributed by atoms with van der Waals surface area (Å²) < 4.78 is 7.85. The van der Waals surface area contributed by atoms with Crippen molar-refractivity contribution in [1.29, 1.82) is 0 Å². The van der Waals surface area contributed by atoms with Crippen LogP contribution in [0, 0.1) is 0 Å². The highest BCUT2D eigenvalue weighted by molar-refractivity contribution is 5.97. The Morgan fingerprint density at radius 1 is 1.00 bits per heavy atom. The lowest BCUT2D eigenvalue weighted by Gasteiger charge is -2.41. The predicted octanol–water partition coefficient (Wildman–Crippen LogP) is 3.45. The van der Waals surface area contributed by atoms with Gasteiger partial charge in [-0.3, -0.25) is 4.68 Å². The van der Waals surface area contributed by atoms with Crippen LogP contribution >= 0.6 is 0 Å². The van der Waals surface area contributed by atoms with Gasteiger partial charge in [-0.05, 0) is 58.7 Å². The fourth-order valence-electron chi connectivity index (χ4n) is 6.53. The van der Waals surface area contributed by atoms with E-state index in [2.05, 4.69) is 51.9 Å². The monoisotopic (exact) mass is 533 g/mol. The number of piperidine rings is 2. The molecule has 0 aromatic carbocycles. The number of nitrogens with one attached hydrogen (secondary N) is 1. The number of likely N-dealkylation sites (N-methyl/N-ethyl adjacent to an activating group) is 1. The third-order valence-corrected chi connectivity index (χ3v) is 9.10. The van der Waals surface area contributed by atoms with E-state index in [4.69, 9.17) is 24.8 Å². The highest BCUT2D eigenvalue weighted by Crippen LogP contribution is 2.34. The molecule has 3 aliphatic heterocycles. The Balaban J connectivity index is 1.27. The molecular weight excluding hydrogens is 490 g/mol. The van der Waals surface area contributed by atoms with Gasteiger partial charge in [0.05, 0.1) is 30.6 Å². The minimum Gasteiger partial charge on any atom is -0.379 e. The number of aromatic nitrogens is 5. The number of rotatable bonds is 7. The maximum atomic E-state index is 5.67. The third kappa shape index (κ3) is 5.21. The molecule has 6 heterocycles. The maximum Gasteiger partial charge on any atom is 0.153 e. The molecule has 3 fully saturated rings. The lowest BCUT2D eigenvalue weighted by Crippen LogP contribution is -2.47. The number of pyridine rings is 1. The standard InChI is InChI=1S/C29H43N9O/c1-5-25-29(36(4)23-10-15-39-19-23)34-26-24(17-31-28(30-2)27(26)33-25)20-16-32-38(18-20)22-8-13-37(14-9-22)21-6-11-35(3)12-7-21/h16-18,21-23H,5-15,19H2,1-4H3,(H,30,31)/t23-/m0/s1. The third-order valence-electron chi connectivity index (χ3n) is 9.10. The van der Waals surface area contributed by atoms with E-state index in [1.165, 1.54) is 25.9 Å². The first-order chi connectivity index (χ1) is 19.1. The summed E-state index contributed by atoms with van der Waals surface area (Å²) in [6.45, 7) is 8.41. The molecule has 3 aromatic heterocycles.